The Bertz CT molecular complexity index is 815. The van der Waals surface area contributed by atoms with Crippen LogP contribution in [-0.2, 0) is 9.53 Å². The molecule has 1 aliphatic heterocycles. The Kier molecular flexibility index (Phi) is 4.27. The van der Waals surface area contributed by atoms with E-state index in [0.717, 1.165) is 5.39 Å². The molecule has 1 fully saturated rings. The standard InChI is InChI=1S/C17H18ClNO5/c1-10-11-4-3-5-12(18)14(11)24-13(10)15(20)19-7-6-17(8-19,9-23-2)16(21)22/h3-5H,6-9H2,1-2H3,(H,21,22). The molecular formula is C17H18ClNO5. The molecule has 0 radical (unpaired) electrons. The van der Waals surface area contributed by atoms with Gasteiger partial charge >= 0.3 is 5.97 Å². The van der Waals surface area contributed by atoms with E-state index in [1.54, 1.807) is 19.1 Å². The Hall–Kier alpha value is -2.05. The normalized spacial score (nSPS) is 20.7. The van der Waals surface area contributed by atoms with Crippen LogP contribution in [0.15, 0.2) is 22.6 Å². The number of furan rings is 1. The molecule has 3 rings (SSSR count). The van der Waals surface area contributed by atoms with E-state index in [4.69, 9.17) is 20.8 Å². The van der Waals surface area contributed by atoms with Gasteiger partial charge in [-0.3, -0.25) is 9.59 Å². The molecule has 6 nitrogen and oxygen atoms in total. The van der Waals surface area contributed by atoms with Crippen LogP contribution < -0.4 is 0 Å². The van der Waals surface area contributed by atoms with E-state index in [1.807, 2.05) is 6.07 Å². The predicted molar refractivity (Wildman–Crippen MR) is 88.4 cm³/mol. The van der Waals surface area contributed by atoms with Crippen molar-refractivity contribution in [1.82, 2.24) is 4.90 Å². The second-order valence-electron chi connectivity index (χ2n) is 6.17. The number of rotatable bonds is 4. The summed E-state index contributed by atoms with van der Waals surface area (Å²) >= 11 is 6.12. The summed E-state index contributed by atoms with van der Waals surface area (Å²) in [5.41, 5.74) is 0.111. The number of carboxylic acid groups (broad SMARTS) is 1. The number of aliphatic carboxylic acids is 1. The lowest BCUT2D eigenvalue weighted by atomic mass is 9.88. The predicted octanol–water partition coefficient (Wildman–Crippen LogP) is 2.96. The Labute approximate surface area is 143 Å². The van der Waals surface area contributed by atoms with E-state index in [0.29, 0.717) is 29.1 Å². The fourth-order valence-corrected chi connectivity index (χ4v) is 3.45. The highest BCUT2D eigenvalue weighted by Crippen LogP contribution is 2.35. The highest BCUT2D eigenvalue weighted by molar-refractivity contribution is 6.35. The highest BCUT2D eigenvalue weighted by atomic mass is 35.5. The number of carbonyl (C=O) groups is 2. The van der Waals surface area contributed by atoms with Crippen molar-refractivity contribution in [2.45, 2.75) is 13.3 Å². The molecule has 128 valence electrons. The maximum atomic E-state index is 12.8. The van der Waals surface area contributed by atoms with E-state index in [-0.39, 0.29) is 24.8 Å². The molecule has 1 N–H and O–H groups in total. The van der Waals surface area contributed by atoms with Crippen molar-refractivity contribution in [1.29, 1.82) is 0 Å². The molecule has 1 aliphatic rings. The van der Waals surface area contributed by atoms with Crippen molar-refractivity contribution >= 4 is 34.4 Å². The molecule has 24 heavy (non-hydrogen) atoms. The maximum absolute atomic E-state index is 12.8. The molecule has 1 atom stereocenters. The number of hydrogen-bond donors (Lipinski definition) is 1. The summed E-state index contributed by atoms with van der Waals surface area (Å²) in [7, 11) is 1.46. The minimum absolute atomic E-state index is 0.0665. The number of fused-ring (bicyclic) bond motifs is 1. The molecule has 1 unspecified atom stereocenters. The molecule has 1 aromatic carbocycles. The van der Waals surface area contributed by atoms with Gasteiger partial charge in [-0.1, -0.05) is 23.7 Å². The Morgan fingerprint density at radius 3 is 2.83 bits per heavy atom. The van der Waals surface area contributed by atoms with Crippen molar-refractivity contribution in [3.63, 3.8) is 0 Å². The molecular weight excluding hydrogens is 334 g/mol. The maximum Gasteiger partial charge on any atom is 0.313 e. The molecule has 0 saturated carbocycles. The van der Waals surface area contributed by atoms with Gasteiger partial charge in [-0.15, -0.1) is 0 Å². The number of amides is 1. The van der Waals surface area contributed by atoms with Gasteiger partial charge in [-0.25, -0.2) is 0 Å². The van der Waals surface area contributed by atoms with Crippen LogP contribution in [0.5, 0.6) is 0 Å². The van der Waals surface area contributed by atoms with Gasteiger partial charge in [0.2, 0.25) is 0 Å². The smallest absolute Gasteiger partial charge is 0.313 e. The summed E-state index contributed by atoms with van der Waals surface area (Å²) in [6, 6.07) is 5.34. The van der Waals surface area contributed by atoms with E-state index < -0.39 is 11.4 Å². The van der Waals surface area contributed by atoms with Gasteiger partial charge in [0.25, 0.3) is 5.91 Å². The molecule has 0 bridgehead atoms. The highest BCUT2D eigenvalue weighted by Gasteiger charge is 2.47. The topological polar surface area (TPSA) is 80.0 Å². The van der Waals surface area contributed by atoms with Crippen LogP contribution in [0.4, 0.5) is 0 Å². The zero-order valence-electron chi connectivity index (χ0n) is 13.5. The van der Waals surface area contributed by atoms with Gasteiger partial charge in [0.1, 0.15) is 5.41 Å². The zero-order chi connectivity index (χ0) is 17.5. The van der Waals surface area contributed by atoms with Crippen molar-refractivity contribution in [2.24, 2.45) is 5.41 Å². The third-order valence-corrected chi connectivity index (χ3v) is 4.92. The first kappa shape index (κ1) is 16.8. The first-order valence-corrected chi connectivity index (χ1v) is 7.96. The summed E-state index contributed by atoms with van der Waals surface area (Å²) in [5.74, 6) is -1.07. The minimum Gasteiger partial charge on any atom is -0.481 e. The van der Waals surface area contributed by atoms with Crippen molar-refractivity contribution in [2.75, 3.05) is 26.8 Å². The van der Waals surface area contributed by atoms with Gasteiger partial charge in [-0.05, 0) is 19.4 Å². The number of nitrogens with zero attached hydrogens (tertiary/aromatic N) is 1. The van der Waals surface area contributed by atoms with E-state index in [9.17, 15) is 14.7 Å². The lowest BCUT2D eigenvalue weighted by Gasteiger charge is -2.23. The first-order chi connectivity index (χ1) is 11.4. The fourth-order valence-electron chi connectivity index (χ4n) is 3.23. The zero-order valence-corrected chi connectivity index (χ0v) is 14.2. The van der Waals surface area contributed by atoms with Gasteiger partial charge in [0.05, 0.1) is 11.6 Å². The lowest BCUT2D eigenvalue weighted by molar-refractivity contribution is -0.151. The number of carboxylic acids is 1. The van der Waals surface area contributed by atoms with Crippen LogP contribution in [0.25, 0.3) is 11.0 Å². The van der Waals surface area contributed by atoms with E-state index in [2.05, 4.69) is 0 Å². The quantitative estimate of drug-likeness (QED) is 0.916. The average molecular weight is 352 g/mol. The second kappa shape index (κ2) is 6.11. The molecule has 2 aromatic rings. The second-order valence-corrected chi connectivity index (χ2v) is 6.58. The van der Waals surface area contributed by atoms with Gasteiger partial charge in [0.15, 0.2) is 11.3 Å². The number of aryl methyl sites for hydroxylation is 1. The molecule has 1 amide bonds. The summed E-state index contributed by atoms with van der Waals surface area (Å²) in [4.78, 5) is 25.9. The van der Waals surface area contributed by atoms with Crippen LogP contribution in [0.1, 0.15) is 22.5 Å². The molecule has 0 spiro atoms. The van der Waals surface area contributed by atoms with E-state index in [1.165, 1.54) is 12.0 Å². The average Bonchev–Trinajstić information content (AvgIpc) is 3.12. The Morgan fingerprint density at radius 1 is 1.46 bits per heavy atom. The monoisotopic (exact) mass is 351 g/mol. The SMILES string of the molecule is COCC1(C(=O)O)CCN(C(=O)c2oc3c(Cl)cccc3c2C)C1. The molecule has 1 aromatic heterocycles. The summed E-state index contributed by atoms with van der Waals surface area (Å²) in [6.45, 7) is 2.31. The lowest BCUT2D eigenvalue weighted by Crippen LogP contribution is -2.40. The fraction of sp³-hybridized carbons (Fsp3) is 0.412. The van der Waals surface area contributed by atoms with Crippen LogP contribution in [-0.4, -0.2) is 48.7 Å². The summed E-state index contributed by atoms with van der Waals surface area (Å²) < 4.78 is 10.7. The first-order valence-electron chi connectivity index (χ1n) is 7.59. The largest absolute Gasteiger partial charge is 0.481 e. The minimum atomic E-state index is -1.07. The number of hydrogen-bond acceptors (Lipinski definition) is 4. The van der Waals surface area contributed by atoms with E-state index >= 15 is 0 Å². The molecule has 7 heteroatoms. The molecule has 0 aliphatic carbocycles. The number of para-hydroxylation sites is 1. The number of likely N-dealkylation sites (tertiary alicyclic amines) is 1. The Balaban J connectivity index is 1.92. The van der Waals surface area contributed by atoms with Crippen LogP contribution in [0.3, 0.4) is 0 Å². The molecule has 2 heterocycles. The van der Waals surface area contributed by atoms with Crippen LogP contribution in [0, 0.1) is 12.3 Å². The third-order valence-electron chi connectivity index (χ3n) is 4.63. The van der Waals surface area contributed by atoms with Crippen molar-refractivity contribution in [3.05, 3.63) is 34.5 Å². The number of ether oxygens (including phenoxy) is 1. The third kappa shape index (κ3) is 2.56. The molecule has 1 saturated heterocycles. The summed E-state index contributed by atoms with van der Waals surface area (Å²) in [5, 5.41) is 10.7. The number of halogens is 1. The van der Waals surface area contributed by atoms with Crippen molar-refractivity contribution in [3.8, 4) is 0 Å². The van der Waals surface area contributed by atoms with Gasteiger partial charge in [-0.2, -0.15) is 0 Å². The number of methoxy groups -OCH3 is 1. The van der Waals surface area contributed by atoms with Gasteiger partial charge < -0.3 is 19.2 Å². The van der Waals surface area contributed by atoms with Crippen LogP contribution in [0.2, 0.25) is 5.02 Å². The number of carbonyl (C=O) groups excluding carboxylic acids is 1. The Morgan fingerprint density at radius 2 is 2.21 bits per heavy atom. The van der Waals surface area contributed by atoms with Gasteiger partial charge in [0, 0.05) is 31.1 Å². The summed E-state index contributed by atoms with van der Waals surface area (Å²) in [6.07, 6.45) is 0.349. The van der Waals surface area contributed by atoms with Crippen LogP contribution >= 0.6 is 11.6 Å². The van der Waals surface area contributed by atoms with Crippen molar-refractivity contribution < 1.29 is 23.8 Å². The number of benzene rings is 1.